The smallest absolute Gasteiger partial charge is 0.256 e. The number of nitrogen functional groups attached to an aromatic ring is 1. The van der Waals surface area contributed by atoms with Crippen LogP contribution in [0.2, 0.25) is 0 Å². The van der Waals surface area contributed by atoms with E-state index in [1.54, 1.807) is 6.07 Å². The molecule has 1 unspecified atom stereocenters. The minimum absolute atomic E-state index is 0.0811. The van der Waals surface area contributed by atoms with Gasteiger partial charge in [0.25, 0.3) is 5.91 Å². The Morgan fingerprint density at radius 2 is 2.00 bits per heavy atom. The molecule has 0 saturated carbocycles. The van der Waals surface area contributed by atoms with E-state index < -0.39 is 0 Å². The van der Waals surface area contributed by atoms with E-state index in [0.29, 0.717) is 17.3 Å². The molecule has 1 heterocycles. The van der Waals surface area contributed by atoms with Gasteiger partial charge in [-0.25, -0.2) is 0 Å². The predicted molar refractivity (Wildman–Crippen MR) is 87.8 cm³/mol. The van der Waals surface area contributed by atoms with Crippen LogP contribution in [0.1, 0.15) is 23.2 Å². The van der Waals surface area contributed by atoms with Crippen LogP contribution in [0, 0.1) is 0 Å². The fourth-order valence-electron chi connectivity index (χ4n) is 2.85. The first-order valence-electron chi connectivity index (χ1n) is 7.42. The highest BCUT2D eigenvalue weighted by Crippen LogP contribution is 2.25. The summed E-state index contributed by atoms with van der Waals surface area (Å²) in [4.78, 5) is 19.0. The first kappa shape index (κ1) is 15.6. The van der Waals surface area contributed by atoms with Gasteiger partial charge in [-0.1, -0.05) is 0 Å². The first-order valence-corrected chi connectivity index (χ1v) is 7.42. The summed E-state index contributed by atoms with van der Waals surface area (Å²) in [6, 6.07) is 5.98. The second-order valence-corrected chi connectivity index (χ2v) is 6.18. The highest BCUT2D eigenvalue weighted by molar-refractivity contribution is 6.00. The Bertz CT molecular complexity index is 513. The number of carbonyl (C=O) groups excluding carboxylic acids is 1. The van der Waals surface area contributed by atoms with Crippen molar-refractivity contribution in [3.8, 4) is 0 Å². The highest BCUT2D eigenvalue weighted by Gasteiger charge is 2.27. The molecular weight excluding hydrogens is 264 g/mol. The molecule has 116 valence electrons. The van der Waals surface area contributed by atoms with Crippen LogP contribution < -0.4 is 10.6 Å². The number of hydrogen-bond acceptors (Lipinski definition) is 4. The predicted octanol–water partition coefficient (Wildman–Crippen LogP) is 1.50. The largest absolute Gasteiger partial charge is 0.399 e. The van der Waals surface area contributed by atoms with E-state index >= 15 is 0 Å². The van der Waals surface area contributed by atoms with Crippen molar-refractivity contribution in [1.82, 2.24) is 9.80 Å². The van der Waals surface area contributed by atoms with Crippen LogP contribution in [0.5, 0.6) is 0 Å². The maximum atomic E-state index is 12.9. The fourth-order valence-corrected chi connectivity index (χ4v) is 2.85. The van der Waals surface area contributed by atoms with E-state index in [4.69, 9.17) is 5.73 Å². The number of anilines is 2. The zero-order chi connectivity index (χ0) is 15.6. The summed E-state index contributed by atoms with van der Waals surface area (Å²) < 4.78 is 0. The molecule has 5 nitrogen and oxygen atoms in total. The van der Waals surface area contributed by atoms with Gasteiger partial charge in [-0.05, 0) is 45.1 Å². The molecule has 5 heteroatoms. The van der Waals surface area contributed by atoms with Gasteiger partial charge >= 0.3 is 0 Å². The topological polar surface area (TPSA) is 52.8 Å². The number of piperidine rings is 1. The SMILES string of the molecule is CN(C)c1ccc(N)cc1C(=O)N1CCCC(N(C)C)C1. The fraction of sp³-hybridized carbons (Fsp3) is 0.562. The van der Waals surface area contributed by atoms with E-state index in [9.17, 15) is 4.79 Å². The Kier molecular flexibility index (Phi) is 4.73. The van der Waals surface area contributed by atoms with Crippen molar-refractivity contribution >= 4 is 17.3 Å². The van der Waals surface area contributed by atoms with Crippen LogP contribution in [0.15, 0.2) is 18.2 Å². The van der Waals surface area contributed by atoms with Gasteiger partial charge in [-0.3, -0.25) is 4.79 Å². The van der Waals surface area contributed by atoms with Crippen LogP contribution in [0.3, 0.4) is 0 Å². The number of hydrogen-bond donors (Lipinski definition) is 1. The van der Waals surface area contributed by atoms with Crippen molar-refractivity contribution in [2.45, 2.75) is 18.9 Å². The number of likely N-dealkylation sites (tertiary alicyclic amines) is 1. The molecule has 1 aromatic rings. The summed E-state index contributed by atoms with van der Waals surface area (Å²) in [5.74, 6) is 0.0811. The van der Waals surface area contributed by atoms with E-state index in [1.165, 1.54) is 0 Å². The normalized spacial score (nSPS) is 18.9. The lowest BCUT2D eigenvalue weighted by molar-refractivity contribution is 0.0636. The Morgan fingerprint density at radius 1 is 1.29 bits per heavy atom. The minimum atomic E-state index is 0.0811. The summed E-state index contributed by atoms with van der Waals surface area (Å²) in [6.07, 6.45) is 2.20. The maximum absolute atomic E-state index is 12.9. The number of benzene rings is 1. The lowest BCUT2D eigenvalue weighted by Crippen LogP contribution is -2.47. The van der Waals surface area contributed by atoms with E-state index in [0.717, 1.165) is 31.6 Å². The summed E-state index contributed by atoms with van der Waals surface area (Å²) in [7, 11) is 8.04. The number of likely N-dealkylation sites (N-methyl/N-ethyl adjacent to an activating group) is 1. The first-order chi connectivity index (χ1) is 9.90. The number of carbonyl (C=O) groups is 1. The van der Waals surface area contributed by atoms with Crippen molar-refractivity contribution in [2.75, 3.05) is 51.9 Å². The van der Waals surface area contributed by atoms with Crippen LogP contribution in [-0.4, -0.2) is 63.0 Å². The number of nitrogens with two attached hydrogens (primary N) is 1. The van der Waals surface area contributed by atoms with Crippen LogP contribution in [0.4, 0.5) is 11.4 Å². The third-order valence-corrected chi connectivity index (χ3v) is 4.15. The summed E-state index contributed by atoms with van der Waals surface area (Å²) in [5, 5.41) is 0. The Hall–Kier alpha value is -1.75. The second kappa shape index (κ2) is 6.35. The van der Waals surface area contributed by atoms with E-state index in [2.05, 4.69) is 19.0 Å². The summed E-state index contributed by atoms with van der Waals surface area (Å²) in [6.45, 7) is 1.61. The molecule has 2 rings (SSSR count). The average Bonchev–Trinajstić information content (AvgIpc) is 2.46. The Balaban J connectivity index is 2.25. The van der Waals surface area contributed by atoms with Crippen molar-refractivity contribution in [1.29, 1.82) is 0 Å². The standard InChI is InChI=1S/C16H26N4O/c1-18(2)13-6-5-9-20(11-13)16(21)14-10-12(17)7-8-15(14)19(3)4/h7-8,10,13H,5-6,9,11,17H2,1-4H3. The molecule has 1 atom stereocenters. The van der Waals surface area contributed by atoms with Gasteiger partial charge in [0.2, 0.25) is 0 Å². The van der Waals surface area contributed by atoms with Gasteiger partial charge in [0.05, 0.1) is 5.56 Å². The second-order valence-electron chi connectivity index (χ2n) is 6.18. The molecular formula is C16H26N4O. The molecule has 1 amide bonds. The number of nitrogens with zero attached hydrogens (tertiary/aromatic N) is 3. The van der Waals surface area contributed by atoms with Gasteiger partial charge in [0.1, 0.15) is 0 Å². The van der Waals surface area contributed by atoms with Gasteiger partial charge in [-0.15, -0.1) is 0 Å². The maximum Gasteiger partial charge on any atom is 0.256 e. The van der Waals surface area contributed by atoms with Gasteiger partial charge in [0, 0.05) is 44.6 Å². The van der Waals surface area contributed by atoms with Gasteiger partial charge in [0.15, 0.2) is 0 Å². The molecule has 2 N–H and O–H groups in total. The molecule has 1 aliphatic heterocycles. The quantitative estimate of drug-likeness (QED) is 0.857. The van der Waals surface area contributed by atoms with Crippen molar-refractivity contribution in [3.05, 3.63) is 23.8 Å². The molecule has 1 aromatic carbocycles. The molecule has 0 radical (unpaired) electrons. The van der Waals surface area contributed by atoms with Crippen LogP contribution >= 0.6 is 0 Å². The minimum Gasteiger partial charge on any atom is -0.399 e. The molecule has 0 bridgehead atoms. The molecule has 1 aliphatic rings. The monoisotopic (exact) mass is 290 g/mol. The van der Waals surface area contributed by atoms with Gasteiger partial charge in [-0.2, -0.15) is 0 Å². The highest BCUT2D eigenvalue weighted by atomic mass is 16.2. The molecule has 0 spiro atoms. The van der Waals surface area contributed by atoms with Gasteiger partial charge < -0.3 is 20.4 Å². The van der Waals surface area contributed by atoms with Crippen molar-refractivity contribution < 1.29 is 4.79 Å². The molecule has 1 fully saturated rings. The Morgan fingerprint density at radius 3 is 2.62 bits per heavy atom. The third-order valence-electron chi connectivity index (χ3n) is 4.15. The zero-order valence-corrected chi connectivity index (χ0v) is 13.5. The third kappa shape index (κ3) is 3.47. The van der Waals surface area contributed by atoms with Crippen molar-refractivity contribution in [2.24, 2.45) is 0 Å². The molecule has 21 heavy (non-hydrogen) atoms. The van der Waals surface area contributed by atoms with Crippen LogP contribution in [0.25, 0.3) is 0 Å². The lowest BCUT2D eigenvalue weighted by Gasteiger charge is -2.36. The lowest BCUT2D eigenvalue weighted by atomic mass is 10.0. The van der Waals surface area contributed by atoms with Crippen molar-refractivity contribution in [3.63, 3.8) is 0 Å². The average molecular weight is 290 g/mol. The zero-order valence-electron chi connectivity index (χ0n) is 13.5. The molecule has 1 saturated heterocycles. The van der Waals surface area contributed by atoms with E-state index in [-0.39, 0.29) is 5.91 Å². The number of amides is 1. The summed E-state index contributed by atoms with van der Waals surface area (Å²) in [5.41, 5.74) is 8.11. The number of rotatable bonds is 3. The van der Waals surface area contributed by atoms with E-state index in [1.807, 2.05) is 36.0 Å². The molecule has 0 aliphatic carbocycles. The Labute approximate surface area is 127 Å². The van der Waals surface area contributed by atoms with Crippen LogP contribution in [-0.2, 0) is 0 Å². The molecule has 0 aromatic heterocycles. The summed E-state index contributed by atoms with van der Waals surface area (Å²) >= 11 is 0.